The van der Waals surface area contributed by atoms with Crippen molar-refractivity contribution in [2.45, 2.75) is 19.1 Å². The molecule has 0 saturated heterocycles. The maximum atomic E-state index is 11.4. The number of carbonyl (C=O) groups is 2. The molecule has 0 aliphatic carbocycles. The number of aliphatic hydroxyl groups excluding tert-OH is 1. The average Bonchev–Trinajstić information content (AvgIpc) is 2.36. The summed E-state index contributed by atoms with van der Waals surface area (Å²) in [6, 6.07) is 5.83. The molecule has 0 aliphatic rings. The molecule has 104 valence electrons. The fraction of sp³-hybridized carbons (Fsp3) is 0.333. The number of nitrogens with one attached hydrogen (secondary N) is 1. The van der Waals surface area contributed by atoms with Gasteiger partial charge in [-0.2, -0.15) is 0 Å². The van der Waals surface area contributed by atoms with Gasteiger partial charge in [-0.25, -0.2) is 4.79 Å². The highest BCUT2D eigenvalue weighted by atomic mass is 16.6. The van der Waals surface area contributed by atoms with E-state index in [1.54, 1.807) is 31.2 Å². The number of aliphatic hydroxyl groups is 1. The van der Waals surface area contributed by atoms with Crippen LogP contribution in [0.15, 0.2) is 24.3 Å². The Hall–Kier alpha value is -2.12. The van der Waals surface area contributed by atoms with Crippen LogP contribution in [0.3, 0.4) is 0 Å². The maximum Gasteiger partial charge on any atom is 0.404 e. The molecule has 2 unspecified atom stereocenters. The number of ether oxygens (including phenoxy) is 1. The van der Waals surface area contributed by atoms with Crippen LogP contribution in [0.1, 0.15) is 18.6 Å². The Morgan fingerprint density at radius 2 is 1.95 bits per heavy atom. The van der Waals surface area contributed by atoms with Crippen molar-refractivity contribution in [3.05, 3.63) is 29.8 Å². The monoisotopic (exact) mass is 267 g/mol. The number of hydrogen-bond acceptors (Lipinski definition) is 5. The second kappa shape index (κ2) is 6.72. The topological polar surface area (TPSA) is 128 Å². The molecule has 0 aliphatic heterocycles. The van der Waals surface area contributed by atoms with Gasteiger partial charge in [-0.05, 0) is 24.6 Å². The van der Waals surface area contributed by atoms with Crippen molar-refractivity contribution in [1.29, 1.82) is 0 Å². The molecule has 6 N–H and O–H groups in total. The quantitative estimate of drug-likeness (QED) is 0.601. The Kier molecular flexibility index (Phi) is 5.28. The lowest BCUT2D eigenvalue weighted by molar-refractivity contribution is -0.117. The molecule has 7 heteroatoms. The molecule has 0 spiro atoms. The first-order valence-corrected chi connectivity index (χ1v) is 5.67. The molecule has 1 rings (SSSR count). The minimum absolute atomic E-state index is 0.221. The van der Waals surface area contributed by atoms with Crippen LogP contribution < -0.4 is 16.8 Å². The Bertz CT molecular complexity index is 445. The lowest BCUT2D eigenvalue weighted by atomic mass is 10.1. The standard InChI is InChI=1S/C12H17N3O4/c1-7(13)11(17)15-9-4-2-8(3-5-9)10(16)6-19-12(14)18/h2-5,7,10,16H,6,13H2,1H3,(H2,14,18)(H,15,17). The number of rotatable bonds is 5. The number of primary amides is 1. The van der Waals surface area contributed by atoms with E-state index in [1.807, 2.05) is 0 Å². The minimum atomic E-state index is -0.967. The molecule has 1 aromatic carbocycles. The lowest BCUT2D eigenvalue weighted by Gasteiger charge is -2.12. The van der Waals surface area contributed by atoms with Crippen molar-refractivity contribution in [2.75, 3.05) is 11.9 Å². The van der Waals surface area contributed by atoms with E-state index in [4.69, 9.17) is 11.5 Å². The summed E-state index contributed by atoms with van der Waals surface area (Å²) in [5.74, 6) is -0.301. The third-order valence-corrected chi connectivity index (χ3v) is 2.36. The molecule has 0 fully saturated rings. The molecule has 7 nitrogen and oxygen atoms in total. The average molecular weight is 267 g/mol. The first-order valence-electron chi connectivity index (χ1n) is 5.67. The number of hydrogen-bond donors (Lipinski definition) is 4. The zero-order chi connectivity index (χ0) is 14.4. The van der Waals surface area contributed by atoms with Crippen molar-refractivity contribution >= 4 is 17.7 Å². The molecule has 19 heavy (non-hydrogen) atoms. The van der Waals surface area contributed by atoms with E-state index in [0.29, 0.717) is 11.3 Å². The van der Waals surface area contributed by atoms with Gasteiger partial charge in [0, 0.05) is 5.69 Å². The van der Waals surface area contributed by atoms with Gasteiger partial charge in [-0.15, -0.1) is 0 Å². The van der Waals surface area contributed by atoms with Gasteiger partial charge in [0.2, 0.25) is 5.91 Å². The molecule has 0 saturated carbocycles. The molecule has 0 heterocycles. The van der Waals surface area contributed by atoms with Crippen LogP contribution >= 0.6 is 0 Å². The summed E-state index contributed by atoms with van der Waals surface area (Å²) < 4.78 is 4.49. The predicted molar refractivity (Wildman–Crippen MR) is 69.2 cm³/mol. The van der Waals surface area contributed by atoms with E-state index in [0.717, 1.165) is 0 Å². The van der Waals surface area contributed by atoms with Gasteiger partial charge < -0.3 is 26.6 Å². The number of amides is 2. The molecule has 0 aromatic heterocycles. The summed E-state index contributed by atoms with van der Waals surface area (Å²) in [4.78, 5) is 21.8. The Morgan fingerprint density at radius 3 is 2.42 bits per heavy atom. The van der Waals surface area contributed by atoms with E-state index in [9.17, 15) is 14.7 Å². The van der Waals surface area contributed by atoms with Crippen molar-refractivity contribution in [2.24, 2.45) is 11.5 Å². The van der Waals surface area contributed by atoms with Gasteiger partial charge in [0.05, 0.1) is 6.04 Å². The molecule has 2 atom stereocenters. The largest absolute Gasteiger partial charge is 0.447 e. The molecule has 1 aromatic rings. The first-order chi connectivity index (χ1) is 8.90. The first kappa shape index (κ1) is 14.9. The van der Waals surface area contributed by atoms with Gasteiger partial charge >= 0.3 is 6.09 Å². The number of benzene rings is 1. The fourth-order valence-electron chi connectivity index (χ4n) is 1.30. The van der Waals surface area contributed by atoms with E-state index in [2.05, 4.69) is 10.1 Å². The van der Waals surface area contributed by atoms with Crippen LogP contribution in [0.2, 0.25) is 0 Å². The molecule has 0 bridgehead atoms. The summed E-state index contributed by atoms with van der Waals surface area (Å²) in [5, 5.41) is 12.3. The second-order valence-corrected chi connectivity index (χ2v) is 4.05. The summed E-state index contributed by atoms with van der Waals surface area (Å²) in [6.45, 7) is 1.36. The van der Waals surface area contributed by atoms with Crippen molar-refractivity contribution in [3.63, 3.8) is 0 Å². The van der Waals surface area contributed by atoms with Crippen molar-refractivity contribution < 1.29 is 19.4 Å². The van der Waals surface area contributed by atoms with Crippen LogP contribution in [0.25, 0.3) is 0 Å². The fourth-order valence-corrected chi connectivity index (χ4v) is 1.30. The SMILES string of the molecule is CC(N)C(=O)Nc1ccc(C(O)COC(N)=O)cc1. The summed E-state index contributed by atoms with van der Waals surface area (Å²) in [7, 11) is 0. The zero-order valence-corrected chi connectivity index (χ0v) is 10.5. The number of anilines is 1. The third-order valence-electron chi connectivity index (χ3n) is 2.36. The highest BCUT2D eigenvalue weighted by molar-refractivity contribution is 5.94. The summed E-state index contributed by atoms with van der Waals surface area (Å²) in [6.07, 6.45) is -1.91. The van der Waals surface area contributed by atoms with Crippen LogP contribution in [0, 0.1) is 0 Å². The summed E-state index contributed by atoms with van der Waals surface area (Å²) in [5.41, 5.74) is 11.3. The van der Waals surface area contributed by atoms with Crippen molar-refractivity contribution in [1.82, 2.24) is 0 Å². The normalized spacial score (nSPS) is 13.4. The Balaban J connectivity index is 2.60. The van der Waals surface area contributed by atoms with Crippen LogP contribution in [-0.4, -0.2) is 29.8 Å². The van der Waals surface area contributed by atoms with Gasteiger partial charge in [-0.3, -0.25) is 4.79 Å². The van der Waals surface area contributed by atoms with E-state index >= 15 is 0 Å². The maximum absolute atomic E-state index is 11.4. The highest BCUT2D eigenvalue weighted by Crippen LogP contribution is 2.16. The molecular weight excluding hydrogens is 250 g/mol. The molecule has 0 radical (unpaired) electrons. The molecular formula is C12H17N3O4. The second-order valence-electron chi connectivity index (χ2n) is 4.05. The van der Waals surface area contributed by atoms with Gasteiger partial charge in [0.25, 0.3) is 0 Å². The Labute approximate surface area is 110 Å². The van der Waals surface area contributed by atoms with E-state index in [1.165, 1.54) is 0 Å². The van der Waals surface area contributed by atoms with E-state index < -0.39 is 18.2 Å². The number of carbonyl (C=O) groups excluding carboxylic acids is 2. The Morgan fingerprint density at radius 1 is 1.37 bits per heavy atom. The zero-order valence-electron chi connectivity index (χ0n) is 10.5. The highest BCUT2D eigenvalue weighted by Gasteiger charge is 2.11. The van der Waals surface area contributed by atoms with Crippen molar-refractivity contribution in [3.8, 4) is 0 Å². The molecule has 2 amide bonds. The summed E-state index contributed by atoms with van der Waals surface area (Å²) >= 11 is 0. The minimum Gasteiger partial charge on any atom is -0.447 e. The smallest absolute Gasteiger partial charge is 0.404 e. The van der Waals surface area contributed by atoms with Gasteiger partial charge in [0.15, 0.2) is 0 Å². The third kappa shape index (κ3) is 4.94. The predicted octanol–water partition coefficient (Wildman–Crippen LogP) is 0.101. The van der Waals surface area contributed by atoms with Gasteiger partial charge in [-0.1, -0.05) is 12.1 Å². The number of nitrogens with two attached hydrogens (primary N) is 2. The lowest BCUT2D eigenvalue weighted by Crippen LogP contribution is -2.32. The van der Waals surface area contributed by atoms with E-state index in [-0.39, 0.29) is 12.5 Å². The van der Waals surface area contributed by atoms with Crippen LogP contribution in [0.4, 0.5) is 10.5 Å². The van der Waals surface area contributed by atoms with Crippen LogP contribution in [0.5, 0.6) is 0 Å². The van der Waals surface area contributed by atoms with Crippen LogP contribution in [-0.2, 0) is 9.53 Å². The van der Waals surface area contributed by atoms with Gasteiger partial charge in [0.1, 0.15) is 12.7 Å².